The molecule has 0 radical (unpaired) electrons. The number of carbonyl (C=O) groups excluding carboxylic acids is 1. The summed E-state index contributed by atoms with van der Waals surface area (Å²) in [5, 5.41) is 9.26. The molecule has 1 saturated heterocycles. The number of likely N-dealkylation sites (tertiary alicyclic amines) is 1. The molecule has 2 heterocycles. The van der Waals surface area contributed by atoms with Crippen molar-refractivity contribution < 1.29 is 23.8 Å². The molecule has 0 spiro atoms. The van der Waals surface area contributed by atoms with Crippen LogP contribution < -0.4 is 0 Å². The molecule has 1 amide bonds. The first-order valence-electron chi connectivity index (χ1n) is 8.78. The number of furan rings is 1. The molecule has 0 saturated carbocycles. The first-order valence-corrected chi connectivity index (χ1v) is 8.78. The van der Waals surface area contributed by atoms with E-state index < -0.39 is 5.97 Å². The van der Waals surface area contributed by atoms with Crippen LogP contribution in [0.15, 0.2) is 40.8 Å². The van der Waals surface area contributed by atoms with Gasteiger partial charge in [0.15, 0.2) is 0 Å². The van der Waals surface area contributed by atoms with Crippen LogP contribution in [-0.4, -0.2) is 35.5 Å². The van der Waals surface area contributed by atoms with E-state index in [9.17, 15) is 14.7 Å². The number of amides is 1. The van der Waals surface area contributed by atoms with Gasteiger partial charge in [-0.25, -0.2) is 4.79 Å². The summed E-state index contributed by atoms with van der Waals surface area (Å²) >= 11 is 0. The number of hydrogen-bond acceptors (Lipinski definition) is 4. The van der Waals surface area contributed by atoms with Crippen LogP contribution in [0.5, 0.6) is 0 Å². The summed E-state index contributed by atoms with van der Waals surface area (Å²) in [5.74, 6) is 0.594. The fourth-order valence-electron chi connectivity index (χ4n) is 3.49. The Balaban J connectivity index is 1.66. The topological polar surface area (TPSA) is 80.0 Å². The SMILES string of the molecule is COCc1ccc(C2CCCN2C(=O)CCc2ccccc2C(=O)O)o1. The van der Waals surface area contributed by atoms with Crippen LogP contribution in [0, 0.1) is 0 Å². The summed E-state index contributed by atoms with van der Waals surface area (Å²) in [6, 6.07) is 10.6. The highest BCUT2D eigenvalue weighted by molar-refractivity contribution is 5.89. The molecule has 1 atom stereocenters. The third kappa shape index (κ3) is 3.96. The van der Waals surface area contributed by atoms with Crippen molar-refractivity contribution in [3.8, 4) is 0 Å². The van der Waals surface area contributed by atoms with Gasteiger partial charge in [0.1, 0.15) is 18.1 Å². The van der Waals surface area contributed by atoms with E-state index in [4.69, 9.17) is 9.15 Å². The first-order chi connectivity index (χ1) is 12.6. The fourth-order valence-corrected chi connectivity index (χ4v) is 3.49. The van der Waals surface area contributed by atoms with Crippen molar-refractivity contribution in [3.05, 3.63) is 59.0 Å². The monoisotopic (exact) mass is 357 g/mol. The maximum absolute atomic E-state index is 12.7. The van der Waals surface area contributed by atoms with Gasteiger partial charge in [0.2, 0.25) is 5.91 Å². The molecule has 1 unspecified atom stereocenters. The number of carbonyl (C=O) groups is 2. The molecule has 6 heteroatoms. The van der Waals surface area contributed by atoms with Gasteiger partial charge in [-0.3, -0.25) is 4.79 Å². The van der Waals surface area contributed by atoms with Gasteiger partial charge in [-0.15, -0.1) is 0 Å². The second kappa shape index (κ2) is 8.19. The second-order valence-electron chi connectivity index (χ2n) is 6.44. The number of hydrogen-bond donors (Lipinski definition) is 1. The van der Waals surface area contributed by atoms with Crippen LogP contribution in [0.25, 0.3) is 0 Å². The molecular weight excluding hydrogens is 334 g/mol. The van der Waals surface area contributed by atoms with Crippen molar-refractivity contribution in [2.45, 2.75) is 38.3 Å². The predicted molar refractivity (Wildman–Crippen MR) is 94.8 cm³/mol. The number of aryl methyl sites for hydroxylation is 1. The molecule has 2 aromatic rings. The van der Waals surface area contributed by atoms with Crippen molar-refractivity contribution in [3.63, 3.8) is 0 Å². The van der Waals surface area contributed by atoms with Crippen molar-refractivity contribution >= 4 is 11.9 Å². The number of aromatic carboxylic acids is 1. The molecule has 6 nitrogen and oxygen atoms in total. The summed E-state index contributed by atoms with van der Waals surface area (Å²) in [4.78, 5) is 25.9. The number of nitrogens with zero attached hydrogens (tertiary/aromatic N) is 1. The zero-order valence-corrected chi connectivity index (χ0v) is 14.8. The Labute approximate surface area is 152 Å². The minimum Gasteiger partial charge on any atom is -0.478 e. The lowest BCUT2D eigenvalue weighted by atomic mass is 10.0. The Morgan fingerprint density at radius 1 is 1.27 bits per heavy atom. The standard InChI is InChI=1S/C20H23NO5/c1-25-13-15-9-10-18(26-15)17-7-4-12-21(17)19(22)11-8-14-5-2-3-6-16(14)20(23)24/h2-3,5-6,9-10,17H,4,7-8,11-13H2,1H3,(H,23,24). The largest absolute Gasteiger partial charge is 0.478 e. The molecule has 1 aromatic heterocycles. The van der Waals surface area contributed by atoms with Crippen LogP contribution in [0.3, 0.4) is 0 Å². The Bertz CT molecular complexity index is 782. The highest BCUT2D eigenvalue weighted by Crippen LogP contribution is 2.33. The molecule has 1 N–H and O–H groups in total. The Morgan fingerprint density at radius 2 is 2.08 bits per heavy atom. The van der Waals surface area contributed by atoms with Gasteiger partial charge >= 0.3 is 5.97 Å². The van der Waals surface area contributed by atoms with E-state index in [2.05, 4.69) is 0 Å². The van der Waals surface area contributed by atoms with Gasteiger partial charge in [-0.2, -0.15) is 0 Å². The van der Waals surface area contributed by atoms with Gasteiger partial charge in [0, 0.05) is 20.1 Å². The lowest BCUT2D eigenvalue weighted by Gasteiger charge is -2.23. The maximum atomic E-state index is 12.7. The molecule has 1 aliphatic heterocycles. The summed E-state index contributed by atoms with van der Waals surface area (Å²) in [7, 11) is 1.61. The number of methoxy groups -OCH3 is 1. The summed E-state index contributed by atoms with van der Waals surface area (Å²) in [5.41, 5.74) is 0.943. The lowest BCUT2D eigenvalue weighted by Crippen LogP contribution is -2.30. The smallest absolute Gasteiger partial charge is 0.335 e. The van der Waals surface area contributed by atoms with Crippen LogP contribution >= 0.6 is 0 Å². The number of carboxylic acids is 1. The van der Waals surface area contributed by atoms with Gasteiger partial charge in [0.25, 0.3) is 0 Å². The molecule has 1 aromatic carbocycles. The third-order valence-electron chi connectivity index (χ3n) is 4.73. The van der Waals surface area contributed by atoms with Crippen LogP contribution in [0.1, 0.15) is 52.7 Å². The minimum absolute atomic E-state index is 0.0254. The normalized spacial score (nSPS) is 16.8. The molecule has 1 aliphatic rings. The zero-order chi connectivity index (χ0) is 18.5. The van der Waals surface area contributed by atoms with Gasteiger partial charge in [0.05, 0.1) is 11.6 Å². The molecule has 0 aliphatic carbocycles. The number of carboxylic acid groups (broad SMARTS) is 1. The van der Waals surface area contributed by atoms with Crippen molar-refractivity contribution in [2.24, 2.45) is 0 Å². The van der Waals surface area contributed by atoms with E-state index in [-0.39, 0.29) is 23.9 Å². The molecule has 3 rings (SSSR count). The maximum Gasteiger partial charge on any atom is 0.335 e. The molecule has 0 bridgehead atoms. The van der Waals surface area contributed by atoms with Crippen molar-refractivity contribution in [1.29, 1.82) is 0 Å². The highest BCUT2D eigenvalue weighted by Gasteiger charge is 2.31. The minimum atomic E-state index is -0.964. The molecule has 26 heavy (non-hydrogen) atoms. The quantitative estimate of drug-likeness (QED) is 0.821. The van der Waals surface area contributed by atoms with E-state index in [0.29, 0.717) is 25.1 Å². The summed E-state index contributed by atoms with van der Waals surface area (Å²) in [6.07, 6.45) is 2.50. The highest BCUT2D eigenvalue weighted by atomic mass is 16.5. The van der Waals surface area contributed by atoms with Gasteiger partial charge < -0.3 is 19.2 Å². The predicted octanol–water partition coefficient (Wildman–Crippen LogP) is 3.42. The number of ether oxygens (including phenoxy) is 1. The van der Waals surface area contributed by atoms with E-state index in [0.717, 1.165) is 24.4 Å². The van der Waals surface area contributed by atoms with Crippen LogP contribution in [-0.2, 0) is 22.6 Å². The summed E-state index contributed by atoms with van der Waals surface area (Å²) in [6.45, 7) is 1.11. The second-order valence-corrected chi connectivity index (χ2v) is 6.44. The lowest BCUT2D eigenvalue weighted by molar-refractivity contribution is -0.132. The van der Waals surface area contributed by atoms with Gasteiger partial charge in [-0.1, -0.05) is 18.2 Å². The van der Waals surface area contributed by atoms with Crippen LogP contribution in [0.2, 0.25) is 0 Å². The number of rotatable bonds is 7. The van der Waals surface area contributed by atoms with E-state index in [1.165, 1.54) is 0 Å². The zero-order valence-electron chi connectivity index (χ0n) is 14.8. The van der Waals surface area contributed by atoms with Gasteiger partial charge in [-0.05, 0) is 43.0 Å². The van der Waals surface area contributed by atoms with Crippen molar-refractivity contribution in [1.82, 2.24) is 4.90 Å². The van der Waals surface area contributed by atoms with E-state index in [1.54, 1.807) is 31.4 Å². The average Bonchev–Trinajstić information content (AvgIpc) is 3.29. The third-order valence-corrected chi connectivity index (χ3v) is 4.73. The molecule has 1 fully saturated rings. The molecule has 138 valence electrons. The Morgan fingerprint density at radius 3 is 2.85 bits per heavy atom. The first kappa shape index (κ1) is 18.2. The van der Waals surface area contributed by atoms with Crippen molar-refractivity contribution in [2.75, 3.05) is 13.7 Å². The average molecular weight is 357 g/mol. The Kier molecular flexibility index (Phi) is 5.73. The van der Waals surface area contributed by atoms with Crippen LogP contribution in [0.4, 0.5) is 0 Å². The van der Waals surface area contributed by atoms with E-state index >= 15 is 0 Å². The number of benzene rings is 1. The Hall–Kier alpha value is -2.60. The molecular formula is C20H23NO5. The summed E-state index contributed by atoms with van der Waals surface area (Å²) < 4.78 is 10.9. The fraction of sp³-hybridized carbons (Fsp3) is 0.400. The van der Waals surface area contributed by atoms with E-state index in [1.807, 2.05) is 17.0 Å².